The van der Waals surface area contributed by atoms with Gasteiger partial charge < -0.3 is 5.32 Å². The third kappa shape index (κ3) is 2.14. The van der Waals surface area contributed by atoms with E-state index in [2.05, 4.69) is 26.3 Å². The Labute approximate surface area is 101 Å². The minimum absolute atomic E-state index is 0.0896. The van der Waals surface area contributed by atoms with Crippen molar-refractivity contribution in [2.75, 3.05) is 7.05 Å². The molecule has 4 nitrogen and oxygen atoms in total. The molecular weight excluding hydrogens is 270 g/mol. The van der Waals surface area contributed by atoms with Gasteiger partial charge in [0, 0.05) is 18.8 Å². The molecular formula is C11H10BrN3O. The quantitative estimate of drug-likeness (QED) is 0.914. The summed E-state index contributed by atoms with van der Waals surface area (Å²) in [6.45, 7) is 0. The highest BCUT2D eigenvalue weighted by molar-refractivity contribution is 9.10. The van der Waals surface area contributed by atoms with Gasteiger partial charge in [-0.15, -0.1) is 0 Å². The van der Waals surface area contributed by atoms with Crippen LogP contribution in [0.4, 0.5) is 0 Å². The topological polar surface area (TPSA) is 46.9 Å². The van der Waals surface area contributed by atoms with E-state index in [9.17, 15) is 4.79 Å². The largest absolute Gasteiger partial charge is 0.355 e. The highest BCUT2D eigenvalue weighted by Crippen LogP contribution is 2.13. The number of nitrogens with zero attached hydrogens (tertiary/aromatic N) is 2. The summed E-state index contributed by atoms with van der Waals surface area (Å²) in [5.74, 6) is -0.0896. The van der Waals surface area contributed by atoms with Crippen LogP contribution in [0.3, 0.4) is 0 Å². The van der Waals surface area contributed by atoms with Crippen LogP contribution >= 0.6 is 15.9 Å². The minimum Gasteiger partial charge on any atom is -0.355 e. The average Bonchev–Trinajstić information content (AvgIpc) is 2.75. The van der Waals surface area contributed by atoms with E-state index in [1.807, 2.05) is 18.3 Å². The van der Waals surface area contributed by atoms with Gasteiger partial charge in [0.25, 0.3) is 5.91 Å². The molecule has 0 saturated heterocycles. The van der Waals surface area contributed by atoms with Gasteiger partial charge in [-0.3, -0.25) is 4.79 Å². The molecule has 0 fully saturated rings. The summed E-state index contributed by atoms with van der Waals surface area (Å²) in [6.07, 6.45) is 3.57. The number of hydrogen-bond acceptors (Lipinski definition) is 2. The third-order valence-corrected chi connectivity index (χ3v) is 2.58. The molecule has 1 N–H and O–H groups in total. The predicted octanol–water partition coefficient (Wildman–Crippen LogP) is 1.99. The fourth-order valence-corrected chi connectivity index (χ4v) is 1.64. The molecule has 1 amide bonds. The molecule has 5 heteroatoms. The van der Waals surface area contributed by atoms with Gasteiger partial charge in [-0.05, 0) is 40.2 Å². The molecule has 0 spiro atoms. The molecule has 0 unspecified atom stereocenters. The third-order valence-electron chi connectivity index (χ3n) is 2.17. The number of hydrogen-bond donors (Lipinski definition) is 1. The number of benzene rings is 1. The first-order chi connectivity index (χ1) is 7.70. The molecule has 2 aromatic rings. The van der Waals surface area contributed by atoms with E-state index >= 15 is 0 Å². The maximum absolute atomic E-state index is 11.3. The van der Waals surface area contributed by atoms with Crippen LogP contribution in [0.25, 0.3) is 5.69 Å². The monoisotopic (exact) mass is 279 g/mol. The van der Waals surface area contributed by atoms with Gasteiger partial charge >= 0.3 is 0 Å². The van der Waals surface area contributed by atoms with Crippen LogP contribution in [-0.2, 0) is 0 Å². The van der Waals surface area contributed by atoms with E-state index in [4.69, 9.17) is 0 Å². The second-order valence-corrected chi connectivity index (χ2v) is 4.14. The van der Waals surface area contributed by atoms with Crippen LogP contribution in [0, 0.1) is 0 Å². The number of halogens is 1. The van der Waals surface area contributed by atoms with Gasteiger partial charge in [0.2, 0.25) is 0 Å². The second kappa shape index (κ2) is 4.49. The SMILES string of the molecule is CNC(=O)c1ccc(-n2cc(Br)cn2)cc1. The van der Waals surface area contributed by atoms with Crippen molar-refractivity contribution in [3.8, 4) is 5.69 Å². The van der Waals surface area contributed by atoms with Gasteiger partial charge in [-0.25, -0.2) is 4.68 Å². The Balaban J connectivity index is 2.29. The Morgan fingerprint density at radius 1 is 1.38 bits per heavy atom. The second-order valence-electron chi connectivity index (χ2n) is 3.23. The summed E-state index contributed by atoms with van der Waals surface area (Å²) >= 11 is 3.33. The van der Waals surface area contributed by atoms with E-state index in [1.54, 1.807) is 30.1 Å². The van der Waals surface area contributed by atoms with Gasteiger partial charge in [-0.2, -0.15) is 5.10 Å². The Hall–Kier alpha value is -1.62. The van der Waals surface area contributed by atoms with E-state index in [-0.39, 0.29) is 5.91 Å². The highest BCUT2D eigenvalue weighted by atomic mass is 79.9. The van der Waals surface area contributed by atoms with Crippen molar-refractivity contribution in [2.24, 2.45) is 0 Å². The molecule has 1 aromatic carbocycles. The van der Waals surface area contributed by atoms with Crippen molar-refractivity contribution in [3.63, 3.8) is 0 Å². The van der Waals surface area contributed by atoms with E-state index in [1.165, 1.54) is 0 Å². The standard InChI is InChI=1S/C11H10BrN3O/c1-13-11(16)8-2-4-10(5-3-8)15-7-9(12)6-14-15/h2-7H,1H3,(H,13,16). The van der Waals surface area contributed by atoms with Crippen LogP contribution in [0.15, 0.2) is 41.1 Å². The number of rotatable bonds is 2. The molecule has 0 aliphatic carbocycles. The summed E-state index contributed by atoms with van der Waals surface area (Å²) in [5.41, 5.74) is 1.55. The van der Waals surface area contributed by atoms with Crippen molar-refractivity contribution in [3.05, 3.63) is 46.7 Å². The van der Waals surface area contributed by atoms with Crippen molar-refractivity contribution in [2.45, 2.75) is 0 Å². The first-order valence-corrected chi connectivity index (χ1v) is 5.52. The van der Waals surface area contributed by atoms with Crippen LogP contribution in [0.1, 0.15) is 10.4 Å². The van der Waals surface area contributed by atoms with Gasteiger partial charge in [0.05, 0.1) is 16.4 Å². The van der Waals surface area contributed by atoms with Crippen LogP contribution < -0.4 is 5.32 Å². The normalized spacial score (nSPS) is 10.1. The maximum atomic E-state index is 11.3. The molecule has 2 rings (SSSR count). The Kier molecular flexibility index (Phi) is 3.05. The van der Waals surface area contributed by atoms with Crippen LogP contribution in [-0.4, -0.2) is 22.7 Å². The fourth-order valence-electron chi connectivity index (χ4n) is 1.35. The summed E-state index contributed by atoms with van der Waals surface area (Å²) in [7, 11) is 1.61. The zero-order valence-corrected chi connectivity index (χ0v) is 10.2. The van der Waals surface area contributed by atoms with Gasteiger partial charge in [0.15, 0.2) is 0 Å². The Morgan fingerprint density at radius 3 is 2.56 bits per heavy atom. The summed E-state index contributed by atoms with van der Waals surface area (Å²) in [4.78, 5) is 11.3. The number of carbonyl (C=O) groups excluding carboxylic acids is 1. The molecule has 1 aromatic heterocycles. The predicted molar refractivity (Wildman–Crippen MR) is 64.7 cm³/mol. The number of nitrogens with one attached hydrogen (secondary N) is 1. The zero-order chi connectivity index (χ0) is 11.5. The van der Waals surface area contributed by atoms with Crippen molar-refractivity contribution in [1.82, 2.24) is 15.1 Å². The van der Waals surface area contributed by atoms with E-state index < -0.39 is 0 Å². The van der Waals surface area contributed by atoms with E-state index in [0.29, 0.717) is 5.56 Å². The first kappa shape index (κ1) is 10.9. The van der Waals surface area contributed by atoms with Crippen LogP contribution in [0.5, 0.6) is 0 Å². The van der Waals surface area contributed by atoms with Crippen molar-refractivity contribution in [1.29, 1.82) is 0 Å². The molecule has 0 saturated carbocycles. The van der Waals surface area contributed by atoms with Gasteiger partial charge in [0.1, 0.15) is 0 Å². The molecule has 0 aliphatic rings. The lowest BCUT2D eigenvalue weighted by atomic mass is 10.2. The highest BCUT2D eigenvalue weighted by Gasteiger charge is 2.03. The molecule has 0 aliphatic heterocycles. The molecule has 0 radical (unpaired) electrons. The first-order valence-electron chi connectivity index (χ1n) is 4.73. The molecule has 16 heavy (non-hydrogen) atoms. The number of carbonyl (C=O) groups is 1. The Bertz CT molecular complexity index is 504. The average molecular weight is 280 g/mol. The lowest BCUT2D eigenvalue weighted by molar-refractivity contribution is 0.0963. The Morgan fingerprint density at radius 2 is 2.06 bits per heavy atom. The van der Waals surface area contributed by atoms with Crippen molar-refractivity contribution >= 4 is 21.8 Å². The minimum atomic E-state index is -0.0896. The van der Waals surface area contributed by atoms with Crippen LogP contribution in [0.2, 0.25) is 0 Å². The number of amides is 1. The van der Waals surface area contributed by atoms with Gasteiger partial charge in [-0.1, -0.05) is 0 Å². The maximum Gasteiger partial charge on any atom is 0.251 e. The molecule has 0 bridgehead atoms. The summed E-state index contributed by atoms with van der Waals surface area (Å²) in [5, 5.41) is 6.73. The van der Waals surface area contributed by atoms with Crippen molar-refractivity contribution < 1.29 is 4.79 Å². The molecule has 0 atom stereocenters. The smallest absolute Gasteiger partial charge is 0.251 e. The molecule has 1 heterocycles. The lowest BCUT2D eigenvalue weighted by Crippen LogP contribution is -2.17. The summed E-state index contributed by atoms with van der Waals surface area (Å²) in [6, 6.07) is 7.24. The fraction of sp³-hybridized carbons (Fsp3) is 0.0909. The van der Waals surface area contributed by atoms with E-state index in [0.717, 1.165) is 10.2 Å². The molecule has 82 valence electrons. The lowest BCUT2D eigenvalue weighted by Gasteiger charge is -2.03. The zero-order valence-electron chi connectivity index (χ0n) is 8.64. The summed E-state index contributed by atoms with van der Waals surface area (Å²) < 4.78 is 2.65. The number of aromatic nitrogens is 2.